The first-order valence-corrected chi connectivity index (χ1v) is 12.7. The Morgan fingerprint density at radius 3 is 2.36 bits per heavy atom. The Labute approximate surface area is 197 Å². The van der Waals surface area contributed by atoms with Crippen LogP contribution in [-0.2, 0) is 19.3 Å². The van der Waals surface area contributed by atoms with E-state index < -0.39 is 0 Å². The van der Waals surface area contributed by atoms with E-state index in [-0.39, 0.29) is 5.82 Å². The first-order chi connectivity index (χ1) is 16.3. The highest BCUT2D eigenvalue weighted by molar-refractivity contribution is 7.19. The van der Waals surface area contributed by atoms with Crippen molar-refractivity contribution in [1.29, 1.82) is 0 Å². The molecule has 3 heterocycles. The van der Waals surface area contributed by atoms with Crippen molar-refractivity contribution in [2.45, 2.75) is 32.1 Å². The lowest BCUT2D eigenvalue weighted by Crippen LogP contribution is -2.47. The van der Waals surface area contributed by atoms with Crippen molar-refractivity contribution < 1.29 is 4.39 Å². The summed E-state index contributed by atoms with van der Waals surface area (Å²) in [6, 6.07) is 17.5. The highest BCUT2D eigenvalue weighted by Gasteiger charge is 2.26. The first kappa shape index (κ1) is 20.6. The van der Waals surface area contributed by atoms with Crippen LogP contribution >= 0.6 is 11.3 Å². The molecule has 33 heavy (non-hydrogen) atoms. The maximum absolute atomic E-state index is 14.3. The lowest BCUT2D eigenvalue weighted by Gasteiger charge is -2.37. The van der Waals surface area contributed by atoms with E-state index in [1.165, 1.54) is 34.2 Å². The number of hydrogen-bond donors (Lipinski definition) is 0. The van der Waals surface area contributed by atoms with Gasteiger partial charge in [0.15, 0.2) is 0 Å². The topological polar surface area (TPSA) is 32.3 Å². The van der Waals surface area contributed by atoms with Crippen molar-refractivity contribution >= 4 is 33.1 Å². The first-order valence-electron chi connectivity index (χ1n) is 11.9. The van der Waals surface area contributed by atoms with Crippen molar-refractivity contribution in [1.82, 2.24) is 9.97 Å². The van der Waals surface area contributed by atoms with Gasteiger partial charge in [-0.1, -0.05) is 42.5 Å². The summed E-state index contributed by atoms with van der Waals surface area (Å²) in [6.45, 7) is 3.23. The molecule has 0 amide bonds. The van der Waals surface area contributed by atoms with E-state index >= 15 is 0 Å². The summed E-state index contributed by atoms with van der Waals surface area (Å²) < 4.78 is 14.3. The Hall–Kier alpha value is -2.99. The number of thiophene rings is 1. The minimum Gasteiger partial charge on any atom is -0.366 e. The number of aryl methyl sites for hydroxylation is 2. The molecule has 168 valence electrons. The molecule has 0 atom stereocenters. The molecule has 2 aliphatic rings. The van der Waals surface area contributed by atoms with Crippen molar-refractivity contribution in [3.05, 3.63) is 82.2 Å². The predicted molar refractivity (Wildman–Crippen MR) is 134 cm³/mol. The number of fused-ring (bicyclic) bond motifs is 3. The zero-order valence-corrected chi connectivity index (χ0v) is 19.5. The molecule has 6 heteroatoms. The minimum atomic E-state index is -0.146. The molecule has 4 nitrogen and oxygen atoms in total. The fraction of sp³-hybridized carbons (Fsp3) is 0.333. The van der Waals surface area contributed by atoms with Gasteiger partial charge in [-0.3, -0.25) is 0 Å². The number of piperazine rings is 1. The molecular formula is C27H27FN4S. The molecule has 6 rings (SSSR count). The third kappa shape index (κ3) is 3.97. The van der Waals surface area contributed by atoms with Gasteiger partial charge < -0.3 is 9.80 Å². The molecule has 1 fully saturated rings. The molecule has 0 spiro atoms. The molecule has 1 aliphatic heterocycles. The zero-order valence-electron chi connectivity index (χ0n) is 18.6. The fourth-order valence-electron chi connectivity index (χ4n) is 5.13. The lowest BCUT2D eigenvalue weighted by atomic mass is 9.96. The third-order valence-electron chi connectivity index (χ3n) is 6.82. The second kappa shape index (κ2) is 8.75. The average Bonchev–Trinajstić information content (AvgIpc) is 3.23. The summed E-state index contributed by atoms with van der Waals surface area (Å²) in [6.07, 6.45) is 5.53. The summed E-state index contributed by atoms with van der Waals surface area (Å²) in [7, 11) is 0. The van der Waals surface area contributed by atoms with Gasteiger partial charge in [0, 0.05) is 37.5 Å². The molecule has 0 N–H and O–H groups in total. The van der Waals surface area contributed by atoms with Crippen LogP contribution in [0, 0.1) is 5.82 Å². The molecule has 0 radical (unpaired) electrons. The van der Waals surface area contributed by atoms with E-state index in [9.17, 15) is 4.39 Å². The van der Waals surface area contributed by atoms with Gasteiger partial charge in [-0.15, -0.1) is 11.3 Å². The van der Waals surface area contributed by atoms with Crippen LogP contribution in [0.15, 0.2) is 54.6 Å². The van der Waals surface area contributed by atoms with Gasteiger partial charge in [0.1, 0.15) is 22.3 Å². The van der Waals surface area contributed by atoms with Crippen LogP contribution in [-0.4, -0.2) is 36.1 Å². The van der Waals surface area contributed by atoms with Gasteiger partial charge in [-0.05, 0) is 48.9 Å². The highest BCUT2D eigenvalue weighted by Crippen LogP contribution is 2.40. The summed E-state index contributed by atoms with van der Waals surface area (Å²) in [5.74, 6) is 1.82. The summed E-state index contributed by atoms with van der Waals surface area (Å²) in [5.41, 5.74) is 3.40. The van der Waals surface area contributed by atoms with Crippen LogP contribution < -0.4 is 9.80 Å². The van der Waals surface area contributed by atoms with Crippen LogP contribution in [0.25, 0.3) is 10.2 Å². The number of halogens is 1. The van der Waals surface area contributed by atoms with Gasteiger partial charge in [0.05, 0.1) is 11.1 Å². The van der Waals surface area contributed by atoms with E-state index in [1.807, 2.05) is 29.5 Å². The Balaban J connectivity index is 1.35. The van der Waals surface area contributed by atoms with Crippen LogP contribution in [0.3, 0.4) is 0 Å². The number of para-hydroxylation sites is 1. The molecular weight excluding hydrogens is 431 g/mol. The smallest absolute Gasteiger partial charge is 0.146 e. The van der Waals surface area contributed by atoms with Gasteiger partial charge in [0.25, 0.3) is 0 Å². The van der Waals surface area contributed by atoms with E-state index in [2.05, 4.69) is 34.1 Å². The normalized spacial score (nSPS) is 16.3. The molecule has 0 saturated carbocycles. The van der Waals surface area contributed by atoms with Crippen LogP contribution in [0.5, 0.6) is 0 Å². The van der Waals surface area contributed by atoms with Crippen molar-refractivity contribution in [2.24, 2.45) is 0 Å². The Morgan fingerprint density at radius 1 is 0.818 bits per heavy atom. The Kier molecular flexibility index (Phi) is 5.46. The van der Waals surface area contributed by atoms with Crippen molar-refractivity contribution in [3.8, 4) is 0 Å². The summed E-state index contributed by atoms with van der Waals surface area (Å²) >= 11 is 1.86. The zero-order chi connectivity index (χ0) is 22.2. The average molecular weight is 459 g/mol. The lowest BCUT2D eigenvalue weighted by molar-refractivity contribution is 0.596. The van der Waals surface area contributed by atoms with Crippen LogP contribution in [0.4, 0.5) is 15.9 Å². The van der Waals surface area contributed by atoms with Crippen LogP contribution in [0.2, 0.25) is 0 Å². The number of benzene rings is 2. The van der Waals surface area contributed by atoms with Crippen molar-refractivity contribution in [2.75, 3.05) is 36.0 Å². The highest BCUT2D eigenvalue weighted by atomic mass is 32.1. The second-order valence-electron chi connectivity index (χ2n) is 8.94. The summed E-state index contributed by atoms with van der Waals surface area (Å²) in [4.78, 5) is 17.3. The number of hydrogen-bond acceptors (Lipinski definition) is 5. The SMILES string of the molecule is Fc1ccccc1N1CCN(c2nc(Cc3ccccc3)nc3sc4c(c23)CCCC4)CC1. The largest absolute Gasteiger partial charge is 0.366 e. The number of nitrogens with zero attached hydrogens (tertiary/aromatic N) is 4. The third-order valence-corrected chi connectivity index (χ3v) is 8.00. The molecule has 2 aromatic carbocycles. The molecule has 2 aromatic heterocycles. The van der Waals surface area contributed by atoms with E-state index in [4.69, 9.17) is 9.97 Å². The fourth-order valence-corrected chi connectivity index (χ4v) is 6.41. The van der Waals surface area contributed by atoms with Crippen LogP contribution in [0.1, 0.15) is 34.7 Å². The number of anilines is 2. The number of rotatable bonds is 4. The van der Waals surface area contributed by atoms with E-state index in [1.54, 1.807) is 12.1 Å². The standard InChI is InChI=1S/C27H27FN4S/c28-21-11-5-6-12-22(21)31-14-16-32(17-15-31)26-25-20-10-4-7-13-23(20)33-27(25)30-24(29-26)18-19-8-2-1-3-9-19/h1-3,5-6,8-9,11-12H,4,7,10,13-18H2. The van der Waals surface area contributed by atoms with Gasteiger partial charge in [-0.25, -0.2) is 14.4 Å². The molecule has 4 aromatic rings. The van der Waals surface area contributed by atoms with Gasteiger partial charge >= 0.3 is 0 Å². The van der Waals surface area contributed by atoms with Crippen molar-refractivity contribution in [3.63, 3.8) is 0 Å². The maximum atomic E-state index is 14.3. The second-order valence-corrected chi connectivity index (χ2v) is 10.0. The van der Waals surface area contributed by atoms with E-state index in [0.29, 0.717) is 5.69 Å². The van der Waals surface area contributed by atoms with Gasteiger partial charge in [0.2, 0.25) is 0 Å². The Bertz CT molecular complexity index is 1280. The van der Waals surface area contributed by atoms with Gasteiger partial charge in [-0.2, -0.15) is 0 Å². The monoisotopic (exact) mass is 458 g/mol. The molecule has 0 unspecified atom stereocenters. The quantitative estimate of drug-likeness (QED) is 0.397. The predicted octanol–water partition coefficient (Wildman–Crippen LogP) is 5.63. The minimum absolute atomic E-state index is 0.146. The summed E-state index contributed by atoms with van der Waals surface area (Å²) in [5, 5.41) is 1.27. The molecule has 0 bridgehead atoms. The van der Waals surface area contributed by atoms with E-state index in [0.717, 1.165) is 61.9 Å². The molecule has 1 saturated heterocycles. The number of aromatic nitrogens is 2. The molecule has 1 aliphatic carbocycles. The maximum Gasteiger partial charge on any atom is 0.146 e. The Morgan fingerprint density at radius 2 is 1.55 bits per heavy atom.